The summed E-state index contributed by atoms with van der Waals surface area (Å²) in [6.45, 7) is 9.56. The lowest BCUT2D eigenvalue weighted by Crippen LogP contribution is -2.31. The zero-order chi connectivity index (χ0) is 22.7. The molecule has 0 aliphatic rings. The van der Waals surface area contributed by atoms with Gasteiger partial charge in [0.25, 0.3) is 5.91 Å². The second-order valence-electron chi connectivity index (χ2n) is 8.60. The molecular weight excluding hydrogens is 388 g/mol. The van der Waals surface area contributed by atoms with Crippen molar-refractivity contribution >= 4 is 22.8 Å². The molecular formula is C26H32N2O3. The minimum Gasteiger partial charge on any atom is -0.464 e. The van der Waals surface area contributed by atoms with Gasteiger partial charge in [0, 0.05) is 43.7 Å². The highest BCUT2D eigenvalue weighted by molar-refractivity contribution is 5.94. The summed E-state index contributed by atoms with van der Waals surface area (Å²) in [5, 5.41) is 1.02. The molecule has 0 aliphatic heterocycles. The van der Waals surface area contributed by atoms with Crippen molar-refractivity contribution in [2.45, 2.75) is 46.6 Å². The van der Waals surface area contributed by atoms with Gasteiger partial charge in [-0.05, 0) is 60.7 Å². The van der Waals surface area contributed by atoms with E-state index in [2.05, 4.69) is 32.9 Å². The van der Waals surface area contributed by atoms with Gasteiger partial charge in [-0.2, -0.15) is 0 Å². The third-order valence-corrected chi connectivity index (χ3v) is 5.72. The second kappa shape index (κ2) is 9.38. The van der Waals surface area contributed by atoms with Crippen LogP contribution >= 0.6 is 0 Å². The van der Waals surface area contributed by atoms with Crippen LogP contribution in [0.25, 0.3) is 11.0 Å². The SMILES string of the molecule is CCN(Cc1ccc(C(=O)N(C)C)cc1)C(=O)Cc1coc2cc(C)c(C(C)C)cc12. The van der Waals surface area contributed by atoms with Crippen LogP contribution in [0.4, 0.5) is 0 Å². The zero-order valence-electron chi connectivity index (χ0n) is 19.4. The van der Waals surface area contributed by atoms with E-state index >= 15 is 0 Å². The standard InChI is InChI=1S/C26H32N2O3/c1-7-28(15-19-8-10-20(11-9-19)26(30)27(5)6)25(29)13-21-16-31-24-12-18(4)22(17(2)3)14-23(21)24/h8-12,14,16-17H,7,13,15H2,1-6H3. The van der Waals surface area contributed by atoms with Gasteiger partial charge < -0.3 is 14.2 Å². The summed E-state index contributed by atoms with van der Waals surface area (Å²) in [7, 11) is 3.47. The molecule has 0 spiro atoms. The van der Waals surface area contributed by atoms with Crippen LogP contribution in [0.5, 0.6) is 0 Å². The van der Waals surface area contributed by atoms with Gasteiger partial charge in [0.1, 0.15) is 5.58 Å². The monoisotopic (exact) mass is 420 g/mol. The van der Waals surface area contributed by atoms with Crippen molar-refractivity contribution in [3.63, 3.8) is 0 Å². The first-order chi connectivity index (χ1) is 14.7. The van der Waals surface area contributed by atoms with Crippen molar-refractivity contribution in [1.82, 2.24) is 9.80 Å². The first kappa shape index (κ1) is 22.6. The minimum absolute atomic E-state index is 0.0298. The number of likely N-dealkylation sites (N-methyl/N-ethyl adjacent to an activating group) is 1. The van der Waals surface area contributed by atoms with Crippen molar-refractivity contribution in [2.24, 2.45) is 0 Å². The van der Waals surface area contributed by atoms with Crippen molar-refractivity contribution in [3.8, 4) is 0 Å². The molecule has 164 valence electrons. The largest absolute Gasteiger partial charge is 0.464 e. The van der Waals surface area contributed by atoms with Crippen LogP contribution in [-0.2, 0) is 17.8 Å². The predicted octanol–water partition coefficient (Wildman–Crippen LogP) is 5.16. The first-order valence-electron chi connectivity index (χ1n) is 10.8. The lowest BCUT2D eigenvalue weighted by Gasteiger charge is -2.21. The van der Waals surface area contributed by atoms with Crippen molar-refractivity contribution in [3.05, 3.63) is 70.5 Å². The van der Waals surface area contributed by atoms with E-state index in [-0.39, 0.29) is 11.8 Å². The van der Waals surface area contributed by atoms with E-state index in [9.17, 15) is 9.59 Å². The lowest BCUT2D eigenvalue weighted by molar-refractivity contribution is -0.130. The Balaban J connectivity index is 1.76. The lowest BCUT2D eigenvalue weighted by atomic mass is 9.95. The van der Waals surface area contributed by atoms with E-state index in [0.29, 0.717) is 31.0 Å². The maximum atomic E-state index is 13.1. The van der Waals surface area contributed by atoms with Gasteiger partial charge in [-0.25, -0.2) is 0 Å². The molecule has 1 aromatic heterocycles. The molecule has 3 rings (SSSR count). The fraction of sp³-hybridized carbons (Fsp3) is 0.385. The van der Waals surface area contributed by atoms with Crippen molar-refractivity contribution in [2.75, 3.05) is 20.6 Å². The number of benzene rings is 2. The fourth-order valence-electron chi connectivity index (χ4n) is 3.89. The molecule has 5 heteroatoms. The average molecular weight is 421 g/mol. The number of fused-ring (bicyclic) bond motifs is 1. The number of furan rings is 1. The van der Waals surface area contributed by atoms with Crippen molar-refractivity contribution < 1.29 is 14.0 Å². The van der Waals surface area contributed by atoms with E-state index in [1.165, 1.54) is 11.1 Å². The predicted molar refractivity (Wildman–Crippen MR) is 124 cm³/mol. The second-order valence-corrected chi connectivity index (χ2v) is 8.60. The van der Waals surface area contributed by atoms with Crippen LogP contribution < -0.4 is 0 Å². The normalized spacial score (nSPS) is 11.2. The van der Waals surface area contributed by atoms with Gasteiger partial charge in [-0.15, -0.1) is 0 Å². The number of hydrogen-bond acceptors (Lipinski definition) is 3. The molecule has 0 saturated heterocycles. The maximum absolute atomic E-state index is 13.1. The highest BCUT2D eigenvalue weighted by Crippen LogP contribution is 2.29. The van der Waals surface area contributed by atoms with Gasteiger partial charge >= 0.3 is 0 Å². The summed E-state index contributed by atoms with van der Waals surface area (Å²) in [5.74, 6) is 0.445. The van der Waals surface area contributed by atoms with Crippen molar-refractivity contribution in [1.29, 1.82) is 0 Å². The highest BCUT2D eigenvalue weighted by atomic mass is 16.3. The number of hydrogen-bond donors (Lipinski definition) is 0. The molecule has 2 amide bonds. The molecule has 0 bridgehead atoms. The Morgan fingerprint density at radius 2 is 1.74 bits per heavy atom. The average Bonchev–Trinajstić information content (AvgIpc) is 3.12. The maximum Gasteiger partial charge on any atom is 0.253 e. The molecule has 0 unspecified atom stereocenters. The summed E-state index contributed by atoms with van der Waals surface area (Å²) in [5.41, 5.74) is 5.88. The smallest absolute Gasteiger partial charge is 0.253 e. The molecule has 0 atom stereocenters. The Bertz CT molecular complexity index is 1080. The van der Waals surface area contributed by atoms with E-state index in [1.54, 1.807) is 25.3 Å². The first-order valence-corrected chi connectivity index (χ1v) is 10.8. The van der Waals surface area contributed by atoms with Gasteiger partial charge in [0.05, 0.1) is 12.7 Å². The molecule has 2 aromatic carbocycles. The number of aryl methyl sites for hydroxylation is 1. The Hall–Kier alpha value is -3.08. The summed E-state index contributed by atoms with van der Waals surface area (Å²) in [6, 6.07) is 11.7. The van der Waals surface area contributed by atoms with E-state index < -0.39 is 0 Å². The van der Waals surface area contributed by atoms with Gasteiger partial charge in [-0.3, -0.25) is 9.59 Å². The highest BCUT2D eigenvalue weighted by Gasteiger charge is 2.18. The van der Waals surface area contributed by atoms with Crippen LogP contribution in [0.3, 0.4) is 0 Å². The molecule has 0 saturated carbocycles. The summed E-state index contributed by atoms with van der Waals surface area (Å²) in [6.07, 6.45) is 2.01. The third-order valence-electron chi connectivity index (χ3n) is 5.72. The molecule has 0 N–H and O–H groups in total. The topological polar surface area (TPSA) is 53.8 Å². The van der Waals surface area contributed by atoms with Crippen LogP contribution in [0.15, 0.2) is 47.1 Å². The molecule has 0 aliphatic carbocycles. The molecule has 3 aromatic rings. The number of carbonyl (C=O) groups is 2. The Kier molecular flexibility index (Phi) is 6.84. The van der Waals surface area contributed by atoms with Gasteiger partial charge in [0.15, 0.2) is 0 Å². The van der Waals surface area contributed by atoms with Gasteiger partial charge in [0.2, 0.25) is 5.91 Å². The van der Waals surface area contributed by atoms with E-state index in [0.717, 1.165) is 22.1 Å². The van der Waals surface area contributed by atoms with E-state index in [1.807, 2.05) is 36.1 Å². The summed E-state index contributed by atoms with van der Waals surface area (Å²) >= 11 is 0. The molecule has 0 fully saturated rings. The molecule has 5 nitrogen and oxygen atoms in total. The summed E-state index contributed by atoms with van der Waals surface area (Å²) < 4.78 is 5.75. The number of amides is 2. The van der Waals surface area contributed by atoms with Crippen LogP contribution in [0.1, 0.15) is 59.3 Å². The number of nitrogens with zero attached hydrogens (tertiary/aromatic N) is 2. The quantitative estimate of drug-likeness (QED) is 0.531. The van der Waals surface area contributed by atoms with E-state index in [4.69, 9.17) is 4.42 Å². The third kappa shape index (κ3) is 4.98. The number of carbonyl (C=O) groups excluding carboxylic acids is 2. The summed E-state index contributed by atoms with van der Waals surface area (Å²) in [4.78, 5) is 28.5. The Morgan fingerprint density at radius 3 is 2.32 bits per heavy atom. The van der Waals surface area contributed by atoms with Gasteiger partial charge in [-0.1, -0.05) is 26.0 Å². The van der Waals surface area contributed by atoms with Crippen LogP contribution in [-0.4, -0.2) is 42.3 Å². The Morgan fingerprint density at radius 1 is 1.06 bits per heavy atom. The number of rotatable bonds is 7. The Labute approximate surface area is 184 Å². The minimum atomic E-state index is -0.0298. The fourth-order valence-corrected chi connectivity index (χ4v) is 3.89. The molecule has 31 heavy (non-hydrogen) atoms. The van der Waals surface area contributed by atoms with Crippen LogP contribution in [0, 0.1) is 6.92 Å². The van der Waals surface area contributed by atoms with Crippen LogP contribution in [0.2, 0.25) is 0 Å². The molecule has 1 heterocycles. The zero-order valence-corrected chi connectivity index (χ0v) is 19.4. The molecule has 0 radical (unpaired) electrons.